The highest BCUT2D eigenvalue weighted by molar-refractivity contribution is 5.54. The van der Waals surface area contributed by atoms with Crippen molar-refractivity contribution in [1.29, 1.82) is 0 Å². The Morgan fingerprint density at radius 1 is 0.962 bits per heavy atom. The summed E-state index contributed by atoms with van der Waals surface area (Å²) in [5.74, 6) is 1.67. The van der Waals surface area contributed by atoms with E-state index in [0.717, 1.165) is 30.8 Å². The molecule has 0 bridgehead atoms. The van der Waals surface area contributed by atoms with Crippen LogP contribution >= 0.6 is 0 Å². The number of hydrogen-bond acceptors (Lipinski definition) is 4. The van der Waals surface area contributed by atoms with Crippen molar-refractivity contribution in [3.63, 3.8) is 0 Å². The molecule has 0 N–H and O–H groups in total. The van der Waals surface area contributed by atoms with E-state index in [1.54, 1.807) is 6.20 Å². The Morgan fingerprint density at radius 3 is 2.42 bits per heavy atom. The summed E-state index contributed by atoms with van der Waals surface area (Å²) < 4.78 is 7.48. The standard InChI is InChI=1S/C21H18N4O/c1-2-5-18-13-19(12-17(18)4-1)21-23-20(24-26-21)16-8-6-15(7-9-16)14-25-11-3-10-22-25/h1-11,19H,12-14H2. The Kier molecular flexibility index (Phi) is 3.63. The van der Waals surface area contributed by atoms with Crippen LogP contribution in [0.1, 0.15) is 28.5 Å². The molecule has 26 heavy (non-hydrogen) atoms. The van der Waals surface area contributed by atoms with Gasteiger partial charge in [-0.25, -0.2) is 0 Å². The van der Waals surface area contributed by atoms with E-state index < -0.39 is 0 Å². The van der Waals surface area contributed by atoms with E-state index in [1.165, 1.54) is 16.7 Å². The third kappa shape index (κ3) is 2.81. The van der Waals surface area contributed by atoms with Crippen molar-refractivity contribution >= 4 is 0 Å². The number of nitrogens with zero attached hydrogens (tertiary/aromatic N) is 4. The molecule has 0 atom stereocenters. The molecular formula is C21H18N4O. The summed E-state index contributed by atoms with van der Waals surface area (Å²) in [7, 11) is 0. The minimum Gasteiger partial charge on any atom is -0.339 e. The molecule has 1 aliphatic rings. The molecule has 0 fully saturated rings. The van der Waals surface area contributed by atoms with Crippen LogP contribution in [0.2, 0.25) is 0 Å². The van der Waals surface area contributed by atoms with Crippen LogP contribution in [-0.4, -0.2) is 19.9 Å². The van der Waals surface area contributed by atoms with Gasteiger partial charge in [-0.15, -0.1) is 0 Å². The van der Waals surface area contributed by atoms with Crippen LogP contribution in [0, 0.1) is 0 Å². The molecule has 2 aromatic carbocycles. The monoisotopic (exact) mass is 342 g/mol. The molecule has 2 heterocycles. The van der Waals surface area contributed by atoms with Gasteiger partial charge in [-0.05, 0) is 35.6 Å². The van der Waals surface area contributed by atoms with Crippen LogP contribution in [0.15, 0.2) is 71.5 Å². The molecule has 0 radical (unpaired) electrons. The van der Waals surface area contributed by atoms with Crippen LogP contribution < -0.4 is 0 Å². The second-order valence-electron chi connectivity index (χ2n) is 6.73. The molecular weight excluding hydrogens is 324 g/mol. The maximum absolute atomic E-state index is 5.57. The van der Waals surface area contributed by atoms with Crippen LogP contribution in [0.25, 0.3) is 11.4 Å². The molecule has 0 amide bonds. The minimum atomic E-state index is 0.285. The molecule has 5 rings (SSSR count). The predicted molar refractivity (Wildman–Crippen MR) is 97.7 cm³/mol. The molecule has 1 aliphatic carbocycles. The van der Waals surface area contributed by atoms with Crippen molar-refractivity contribution in [2.75, 3.05) is 0 Å². The normalized spacial score (nSPS) is 13.8. The van der Waals surface area contributed by atoms with Crippen molar-refractivity contribution in [2.45, 2.75) is 25.3 Å². The van der Waals surface area contributed by atoms with Gasteiger partial charge in [-0.3, -0.25) is 4.68 Å². The zero-order valence-electron chi connectivity index (χ0n) is 14.2. The van der Waals surface area contributed by atoms with E-state index in [9.17, 15) is 0 Å². The van der Waals surface area contributed by atoms with Crippen LogP contribution in [0.3, 0.4) is 0 Å². The van der Waals surface area contributed by atoms with Gasteiger partial charge >= 0.3 is 0 Å². The predicted octanol–water partition coefficient (Wildman–Crippen LogP) is 3.86. The van der Waals surface area contributed by atoms with Gasteiger partial charge in [0.05, 0.1) is 6.54 Å². The van der Waals surface area contributed by atoms with Gasteiger partial charge < -0.3 is 4.52 Å². The summed E-state index contributed by atoms with van der Waals surface area (Å²) in [6, 6.07) is 18.7. The lowest BCUT2D eigenvalue weighted by Gasteiger charge is -2.02. The van der Waals surface area contributed by atoms with E-state index in [2.05, 4.69) is 51.6 Å². The van der Waals surface area contributed by atoms with Crippen molar-refractivity contribution in [3.05, 3.63) is 89.6 Å². The number of aromatic nitrogens is 4. The number of fused-ring (bicyclic) bond motifs is 1. The maximum Gasteiger partial charge on any atom is 0.230 e. The molecule has 0 aliphatic heterocycles. The van der Waals surface area contributed by atoms with Crippen molar-refractivity contribution in [3.8, 4) is 11.4 Å². The second kappa shape index (κ2) is 6.26. The van der Waals surface area contributed by atoms with Crippen LogP contribution in [0.5, 0.6) is 0 Å². The largest absolute Gasteiger partial charge is 0.339 e. The Labute approximate surface area is 151 Å². The molecule has 0 saturated carbocycles. The van der Waals surface area contributed by atoms with Gasteiger partial charge in [-0.2, -0.15) is 10.1 Å². The molecule has 5 heteroatoms. The number of rotatable bonds is 4. The number of hydrogen-bond donors (Lipinski definition) is 0. The van der Waals surface area contributed by atoms with Crippen LogP contribution in [-0.2, 0) is 19.4 Å². The van der Waals surface area contributed by atoms with Gasteiger partial charge in [0, 0.05) is 23.9 Å². The molecule has 0 unspecified atom stereocenters. The smallest absolute Gasteiger partial charge is 0.230 e. The second-order valence-corrected chi connectivity index (χ2v) is 6.73. The first-order valence-corrected chi connectivity index (χ1v) is 8.82. The Morgan fingerprint density at radius 2 is 1.73 bits per heavy atom. The van der Waals surface area contributed by atoms with Crippen molar-refractivity contribution in [2.24, 2.45) is 0 Å². The minimum absolute atomic E-state index is 0.285. The van der Waals surface area contributed by atoms with E-state index >= 15 is 0 Å². The molecule has 0 saturated heterocycles. The van der Waals surface area contributed by atoms with Gasteiger partial charge in [0.25, 0.3) is 0 Å². The summed E-state index contributed by atoms with van der Waals surface area (Å²) in [5, 5.41) is 8.43. The molecule has 0 spiro atoms. The Balaban J connectivity index is 1.32. The quantitative estimate of drug-likeness (QED) is 0.565. The Hall–Kier alpha value is -3.21. The fourth-order valence-corrected chi connectivity index (χ4v) is 3.59. The summed E-state index contributed by atoms with van der Waals surface area (Å²) >= 11 is 0. The third-order valence-corrected chi connectivity index (χ3v) is 4.96. The Bertz CT molecular complexity index is 993. The first-order chi connectivity index (χ1) is 12.8. The molecule has 128 valence electrons. The van der Waals surface area contributed by atoms with Gasteiger partial charge in [0.1, 0.15) is 0 Å². The lowest BCUT2D eigenvalue weighted by Crippen LogP contribution is -1.99. The van der Waals surface area contributed by atoms with Crippen molar-refractivity contribution in [1.82, 2.24) is 19.9 Å². The van der Waals surface area contributed by atoms with Crippen LogP contribution in [0.4, 0.5) is 0 Å². The molecule has 4 aromatic rings. The van der Waals surface area contributed by atoms with E-state index in [1.807, 2.05) is 29.1 Å². The summed E-state index contributed by atoms with van der Waals surface area (Å²) in [4.78, 5) is 4.66. The molecule has 2 aromatic heterocycles. The van der Waals surface area contributed by atoms with E-state index in [-0.39, 0.29) is 5.92 Å². The van der Waals surface area contributed by atoms with Gasteiger partial charge in [0.2, 0.25) is 11.7 Å². The fourth-order valence-electron chi connectivity index (χ4n) is 3.59. The summed E-state index contributed by atoms with van der Waals surface area (Å²) in [6.45, 7) is 0.755. The SMILES string of the molecule is c1ccc2c(c1)CC(c1nc(-c3ccc(Cn4cccn4)cc3)no1)C2. The van der Waals surface area contributed by atoms with Gasteiger partial charge in [0.15, 0.2) is 0 Å². The van der Waals surface area contributed by atoms with E-state index in [4.69, 9.17) is 4.52 Å². The van der Waals surface area contributed by atoms with E-state index in [0.29, 0.717) is 5.82 Å². The zero-order valence-corrected chi connectivity index (χ0v) is 14.2. The number of benzene rings is 2. The first-order valence-electron chi connectivity index (χ1n) is 8.82. The summed E-state index contributed by atoms with van der Waals surface area (Å²) in [5.41, 5.74) is 4.94. The highest BCUT2D eigenvalue weighted by Crippen LogP contribution is 2.33. The topological polar surface area (TPSA) is 56.7 Å². The third-order valence-electron chi connectivity index (χ3n) is 4.96. The average Bonchev–Trinajstić information content (AvgIpc) is 3.42. The van der Waals surface area contributed by atoms with Gasteiger partial charge in [-0.1, -0.05) is 53.7 Å². The van der Waals surface area contributed by atoms with Crippen molar-refractivity contribution < 1.29 is 4.52 Å². The lowest BCUT2D eigenvalue weighted by molar-refractivity contribution is 0.356. The lowest BCUT2D eigenvalue weighted by atomic mass is 10.1. The maximum atomic E-state index is 5.57. The zero-order chi connectivity index (χ0) is 17.3. The average molecular weight is 342 g/mol. The highest BCUT2D eigenvalue weighted by Gasteiger charge is 2.27. The molecule has 5 nitrogen and oxygen atoms in total. The first kappa shape index (κ1) is 15.1. The highest BCUT2D eigenvalue weighted by atomic mass is 16.5. The summed E-state index contributed by atoms with van der Waals surface area (Å²) in [6.07, 6.45) is 5.69. The fraction of sp³-hybridized carbons (Fsp3) is 0.190.